The topological polar surface area (TPSA) is 63.4 Å². The molecule has 1 saturated carbocycles. The normalized spacial score (nSPS) is 26.3. The second-order valence-corrected chi connectivity index (χ2v) is 4.99. The van der Waals surface area contributed by atoms with Crippen molar-refractivity contribution in [3.8, 4) is 0 Å². The summed E-state index contributed by atoms with van der Waals surface area (Å²) in [4.78, 5) is 24.9. The second kappa shape index (κ2) is 3.47. The number of imide groups is 1. The molecule has 1 heterocycles. The van der Waals surface area contributed by atoms with Crippen molar-refractivity contribution < 1.29 is 9.59 Å². The number of hydrogen-bond acceptors (Lipinski definition) is 3. The van der Waals surface area contributed by atoms with Crippen LogP contribution in [0.3, 0.4) is 0 Å². The number of nitrogens with two attached hydrogens (primary N) is 1. The number of carbonyl (C=O) groups excluding carboxylic acids is 2. The van der Waals surface area contributed by atoms with E-state index in [1.54, 1.807) is 18.2 Å². The Morgan fingerprint density at radius 1 is 1.29 bits per heavy atom. The lowest BCUT2D eigenvalue weighted by atomic mass is 10.1. The number of amides is 2. The average molecular weight is 251 g/mol. The van der Waals surface area contributed by atoms with E-state index in [2.05, 4.69) is 0 Å². The van der Waals surface area contributed by atoms with Crippen molar-refractivity contribution in [3.63, 3.8) is 0 Å². The van der Waals surface area contributed by atoms with Crippen LogP contribution in [-0.2, 0) is 16.1 Å². The van der Waals surface area contributed by atoms with Crippen LogP contribution in [0.2, 0.25) is 5.02 Å². The molecule has 2 aliphatic rings. The molecule has 17 heavy (non-hydrogen) atoms. The second-order valence-electron chi connectivity index (χ2n) is 4.55. The van der Waals surface area contributed by atoms with Crippen molar-refractivity contribution in [1.29, 1.82) is 0 Å². The van der Waals surface area contributed by atoms with Crippen molar-refractivity contribution in [1.82, 2.24) is 4.90 Å². The van der Waals surface area contributed by atoms with Crippen molar-refractivity contribution in [2.45, 2.75) is 13.0 Å². The highest BCUT2D eigenvalue weighted by atomic mass is 35.5. The highest BCUT2D eigenvalue weighted by molar-refractivity contribution is 6.30. The number of fused-ring (bicyclic) bond motifs is 1. The molecule has 5 heteroatoms. The highest BCUT2D eigenvalue weighted by Crippen LogP contribution is 2.47. The van der Waals surface area contributed by atoms with Crippen molar-refractivity contribution in [3.05, 3.63) is 28.8 Å². The van der Waals surface area contributed by atoms with E-state index in [4.69, 9.17) is 17.3 Å². The number of likely N-dealkylation sites (tertiary alicyclic amines) is 1. The van der Waals surface area contributed by atoms with Crippen molar-refractivity contribution in [2.75, 3.05) is 5.73 Å². The van der Waals surface area contributed by atoms with Crippen LogP contribution in [0.25, 0.3) is 0 Å². The van der Waals surface area contributed by atoms with Gasteiger partial charge in [0.15, 0.2) is 0 Å². The van der Waals surface area contributed by atoms with Crippen LogP contribution in [0.4, 0.5) is 5.69 Å². The van der Waals surface area contributed by atoms with E-state index in [-0.39, 0.29) is 30.2 Å². The van der Waals surface area contributed by atoms with Crippen LogP contribution in [0.5, 0.6) is 0 Å². The Labute approximate surface area is 103 Å². The van der Waals surface area contributed by atoms with E-state index in [1.165, 1.54) is 4.90 Å². The largest absolute Gasteiger partial charge is 0.398 e. The van der Waals surface area contributed by atoms with Gasteiger partial charge < -0.3 is 5.73 Å². The quantitative estimate of drug-likeness (QED) is 0.638. The molecule has 1 saturated heterocycles. The number of nitrogens with zero attached hydrogens (tertiary/aromatic N) is 1. The van der Waals surface area contributed by atoms with Gasteiger partial charge in [0, 0.05) is 10.7 Å². The molecular formula is C12H11ClN2O2. The molecule has 0 spiro atoms. The highest BCUT2D eigenvalue weighted by Gasteiger charge is 2.58. The molecule has 4 nitrogen and oxygen atoms in total. The van der Waals surface area contributed by atoms with Gasteiger partial charge >= 0.3 is 0 Å². The Hall–Kier alpha value is -1.55. The Morgan fingerprint density at radius 3 is 2.53 bits per heavy atom. The van der Waals surface area contributed by atoms with Gasteiger partial charge in [-0.15, -0.1) is 0 Å². The molecule has 1 aliphatic carbocycles. The van der Waals surface area contributed by atoms with Gasteiger partial charge in [-0.2, -0.15) is 0 Å². The van der Waals surface area contributed by atoms with Gasteiger partial charge in [-0.1, -0.05) is 17.7 Å². The maximum atomic E-state index is 11.8. The van der Waals surface area contributed by atoms with Crippen LogP contribution in [0.15, 0.2) is 18.2 Å². The van der Waals surface area contributed by atoms with Crippen LogP contribution in [0.1, 0.15) is 12.0 Å². The molecule has 3 rings (SSSR count). The number of carbonyl (C=O) groups is 2. The SMILES string of the molecule is Nc1cc(Cl)ccc1CN1C(=O)C2CC2C1=O. The molecule has 2 unspecified atom stereocenters. The van der Waals surface area contributed by atoms with Gasteiger partial charge in [-0.3, -0.25) is 14.5 Å². The molecule has 2 amide bonds. The van der Waals surface area contributed by atoms with Crippen LogP contribution in [0, 0.1) is 11.8 Å². The third-order valence-electron chi connectivity index (χ3n) is 3.39. The smallest absolute Gasteiger partial charge is 0.233 e. The zero-order chi connectivity index (χ0) is 12.2. The molecule has 88 valence electrons. The van der Waals surface area contributed by atoms with E-state index in [9.17, 15) is 9.59 Å². The Morgan fingerprint density at radius 2 is 1.94 bits per heavy atom. The maximum Gasteiger partial charge on any atom is 0.233 e. The number of halogens is 1. The van der Waals surface area contributed by atoms with E-state index in [1.807, 2.05) is 0 Å². The summed E-state index contributed by atoms with van der Waals surface area (Å²) in [7, 11) is 0. The minimum atomic E-state index is -0.0608. The van der Waals surface area contributed by atoms with Gasteiger partial charge in [0.05, 0.1) is 18.4 Å². The van der Waals surface area contributed by atoms with Gasteiger partial charge in [0.25, 0.3) is 0 Å². The molecular weight excluding hydrogens is 240 g/mol. The first kappa shape index (κ1) is 10.6. The zero-order valence-corrected chi connectivity index (χ0v) is 9.78. The molecule has 2 N–H and O–H groups in total. The minimum absolute atomic E-state index is 0.0592. The standard InChI is InChI=1S/C12H11ClN2O2/c13-7-2-1-6(10(14)3-7)5-15-11(16)8-4-9(8)12(15)17/h1-3,8-9H,4-5,14H2. The maximum absolute atomic E-state index is 11.8. The summed E-state index contributed by atoms with van der Waals surface area (Å²) in [6, 6.07) is 5.09. The van der Waals surface area contributed by atoms with Crippen molar-refractivity contribution in [2.24, 2.45) is 11.8 Å². The monoisotopic (exact) mass is 250 g/mol. The van der Waals surface area contributed by atoms with Crippen LogP contribution >= 0.6 is 11.6 Å². The van der Waals surface area contributed by atoms with Gasteiger partial charge in [-0.25, -0.2) is 0 Å². The van der Waals surface area contributed by atoms with Crippen LogP contribution in [-0.4, -0.2) is 16.7 Å². The van der Waals surface area contributed by atoms with E-state index in [0.29, 0.717) is 10.7 Å². The zero-order valence-electron chi connectivity index (χ0n) is 9.02. The fraction of sp³-hybridized carbons (Fsp3) is 0.333. The predicted octanol–water partition coefficient (Wildman–Crippen LogP) is 1.43. The van der Waals surface area contributed by atoms with E-state index < -0.39 is 0 Å². The van der Waals surface area contributed by atoms with Crippen molar-refractivity contribution >= 4 is 29.1 Å². The molecule has 0 radical (unpaired) electrons. The third-order valence-corrected chi connectivity index (χ3v) is 3.63. The molecule has 0 bridgehead atoms. The first-order valence-corrected chi connectivity index (χ1v) is 5.85. The van der Waals surface area contributed by atoms with E-state index >= 15 is 0 Å². The molecule has 2 atom stereocenters. The van der Waals surface area contributed by atoms with E-state index in [0.717, 1.165) is 12.0 Å². The average Bonchev–Trinajstić information content (AvgIpc) is 3.02. The number of benzene rings is 1. The Balaban J connectivity index is 1.83. The summed E-state index contributed by atoms with van der Waals surface area (Å²) in [5.74, 6) is -0.240. The molecule has 0 aromatic heterocycles. The van der Waals surface area contributed by atoms with Gasteiger partial charge in [0.2, 0.25) is 11.8 Å². The van der Waals surface area contributed by atoms with Gasteiger partial charge in [-0.05, 0) is 24.1 Å². The lowest BCUT2D eigenvalue weighted by Crippen LogP contribution is -2.32. The minimum Gasteiger partial charge on any atom is -0.398 e. The van der Waals surface area contributed by atoms with Crippen LogP contribution < -0.4 is 5.73 Å². The Bertz CT molecular complexity index is 509. The summed E-state index contributed by atoms with van der Waals surface area (Å²) in [5.41, 5.74) is 7.08. The predicted molar refractivity (Wildman–Crippen MR) is 63.0 cm³/mol. The fourth-order valence-corrected chi connectivity index (χ4v) is 2.47. The summed E-state index contributed by atoms with van der Waals surface area (Å²) >= 11 is 5.79. The first-order chi connectivity index (χ1) is 8.08. The summed E-state index contributed by atoms with van der Waals surface area (Å²) < 4.78 is 0. The van der Waals surface area contributed by atoms with Gasteiger partial charge in [0.1, 0.15) is 0 Å². The number of hydrogen-bond donors (Lipinski definition) is 1. The number of rotatable bonds is 2. The summed E-state index contributed by atoms with van der Waals surface area (Å²) in [6.45, 7) is 0.258. The number of nitrogen functional groups attached to an aromatic ring is 1. The first-order valence-electron chi connectivity index (χ1n) is 5.47. The summed E-state index contributed by atoms with van der Waals surface area (Å²) in [6.07, 6.45) is 0.726. The lowest BCUT2D eigenvalue weighted by Gasteiger charge is -2.17. The Kier molecular flexibility index (Phi) is 2.16. The lowest BCUT2D eigenvalue weighted by molar-refractivity contribution is -0.142. The summed E-state index contributed by atoms with van der Waals surface area (Å²) in [5, 5.41) is 0.549. The number of piperidine rings is 1. The fourth-order valence-electron chi connectivity index (χ4n) is 2.29. The molecule has 2 fully saturated rings. The number of anilines is 1. The molecule has 1 aliphatic heterocycles. The third kappa shape index (κ3) is 1.60. The molecule has 1 aromatic carbocycles. The molecule has 1 aromatic rings.